The monoisotopic (exact) mass is 249 g/mol. The van der Waals surface area contributed by atoms with Gasteiger partial charge in [0.15, 0.2) is 11.6 Å². The minimum absolute atomic E-state index is 0.216. The van der Waals surface area contributed by atoms with Crippen LogP contribution < -0.4 is 10.1 Å². The van der Waals surface area contributed by atoms with Gasteiger partial charge in [0.25, 0.3) is 0 Å². The Kier molecular flexibility index (Phi) is 3.77. The Morgan fingerprint density at radius 2 is 1.78 bits per heavy atom. The molecule has 18 heavy (non-hydrogen) atoms. The summed E-state index contributed by atoms with van der Waals surface area (Å²) in [6, 6.07) is 10.9. The molecule has 0 radical (unpaired) electrons. The third kappa shape index (κ3) is 2.77. The zero-order valence-corrected chi connectivity index (χ0v) is 9.91. The predicted molar refractivity (Wildman–Crippen MR) is 66.7 cm³/mol. The van der Waals surface area contributed by atoms with Crippen LogP contribution in [-0.4, -0.2) is 7.11 Å². The molecular formula is C14H13F2NO. The molecule has 94 valence electrons. The lowest BCUT2D eigenvalue weighted by Gasteiger charge is -2.09. The molecule has 0 aliphatic heterocycles. The number of benzene rings is 2. The van der Waals surface area contributed by atoms with E-state index >= 15 is 0 Å². The van der Waals surface area contributed by atoms with Gasteiger partial charge in [0, 0.05) is 17.8 Å². The van der Waals surface area contributed by atoms with Gasteiger partial charge in [-0.25, -0.2) is 8.78 Å². The van der Waals surface area contributed by atoms with E-state index in [4.69, 9.17) is 4.74 Å². The van der Waals surface area contributed by atoms with E-state index in [2.05, 4.69) is 5.32 Å². The van der Waals surface area contributed by atoms with Crippen LogP contribution in [0.5, 0.6) is 5.75 Å². The van der Waals surface area contributed by atoms with Crippen LogP contribution in [0.3, 0.4) is 0 Å². The zero-order valence-electron chi connectivity index (χ0n) is 9.91. The van der Waals surface area contributed by atoms with Gasteiger partial charge in [0.05, 0.1) is 7.11 Å². The summed E-state index contributed by atoms with van der Waals surface area (Å²) in [5, 5.41) is 3.02. The first-order chi connectivity index (χ1) is 8.70. The maximum atomic E-state index is 13.8. The molecule has 2 aromatic rings. The number of halogens is 2. The average molecular weight is 249 g/mol. The van der Waals surface area contributed by atoms with Crippen molar-refractivity contribution in [3.05, 3.63) is 59.7 Å². The highest BCUT2D eigenvalue weighted by Gasteiger charge is 2.07. The Hall–Kier alpha value is -2.10. The van der Waals surface area contributed by atoms with Crippen molar-refractivity contribution in [2.24, 2.45) is 0 Å². The molecule has 0 aromatic heterocycles. The summed E-state index contributed by atoms with van der Waals surface area (Å²) in [6.45, 7) is 0.314. The Bertz CT molecular complexity index is 526. The molecule has 0 aliphatic carbocycles. The fourth-order valence-corrected chi connectivity index (χ4v) is 1.62. The summed E-state index contributed by atoms with van der Waals surface area (Å²) in [5.41, 5.74) is 1.23. The van der Waals surface area contributed by atoms with Gasteiger partial charge >= 0.3 is 0 Å². The summed E-state index contributed by atoms with van der Waals surface area (Å²) in [5.74, 6) is -0.462. The second-order valence-corrected chi connectivity index (χ2v) is 3.79. The van der Waals surface area contributed by atoms with Crippen molar-refractivity contribution in [2.45, 2.75) is 6.54 Å². The highest BCUT2D eigenvalue weighted by molar-refractivity contribution is 5.44. The van der Waals surface area contributed by atoms with Crippen molar-refractivity contribution in [2.75, 3.05) is 12.4 Å². The van der Waals surface area contributed by atoms with E-state index < -0.39 is 0 Å². The van der Waals surface area contributed by atoms with Crippen LogP contribution in [0.4, 0.5) is 14.5 Å². The lowest BCUT2D eigenvalue weighted by Crippen LogP contribution is -2.03. The molecular weight excluding hydrogens is 236 g/mol. The number of anilines is 1. The van der Waals surface area contributed by atoms with Crippen LogP contribution >= 0.6 is 0 Å². The number of nitrogens with one attached hydrogen (secondary N) is 1. The second kappa shape index (κ2) is 5.49. The van der Waals surface area contributed by atoms with Crippen LogP contribution in [-0.2, 0) is 6.54 Å². The highest BCUT2D eigenvalue weighted by atomic mass is 19.1. The molecule has 2 nitrogen and oxygen atoms in total. The van der Waals surface area contributed by atoms with Crippen molar-refractivity contribution in [1.29, 1.82) is 0 Å². The van der Waals surface area contributed by atoms with E-state index in [0.29, 0.717) is 12.1 Å². The average Bonchev–Trinajstić information content (AvgIpc) is 2.39. The Morgan fingerprint density at radius 3 is 2.44 bits per heavy atom. The van der Waals surface area contributed by atoms with Gasteiger partial charge in [-0.05, 0) is 30.3 Å². The minimum atomic E-state index is -0.380. The minimum Gasteiger partial charge on any atom is -0.494 e. The van der Waals surface area contributed by atoms with Gasteiger partial charge in [0.2, 0.25) is 0 Å². The van der Waals surface area contributed by atoms with Crippen molar-refractivity contribution in [1.82, 2.24) is 0 Å². The van der Waals surface area contributed by atoms with Gasteiger partial charge in [-0.3, -0.25) is 0 Å². The fourth-order valence-electron chi connectivity index (χ4n) is 1.62. The number of hydrogen-bond donors (Lipinski definition) is 1. The van der Waals surface area contributed by atoms with Gasteiger partial charge in [0.1, 0.15) is 5.82 Å². The number of rotatable bonds is 4. The van der Waals surface area contributed by atoms with E-state index in [1.54, 1.807) is 30.3 Å². The van der Waals surface area contributed by atoms with Crippen LogP contribution in [0, 0.1) is 11.6 Å². The maximum absolute atomic E-state index is 13.8. The molecule has 0 bridgehead atoms. The number of ether oxygens (including phenoxy) is 1. The predicted octanol–water partition coefficient (Wildman–Crippen LogP) is 3.59. The molecule has 2 aromatic carbocycles. The summed E-state index contributed by atoms with van der Waals surface area (Å²) in [4.78, 5) is 0. The zero-order chi connectivity index (χ0) is 13.0. The topological polar surface area (TPSA) is 21.3 Å². The first kappa shape index (κ1) is 12.4. The van der Waals surface area contributed by atoms with E-state index in [1.165, 1.54) is 19.2 Å². The molecule has 0 heterocycles. The van der Waals surface area contributed by atoms with Gasteiger partial charge in [-0.2, -0.15) is 0 Å². The molecule has 1 N–H and O–H groups in total. The molecule has 0 saturated heterocycles. The maximum Gasteiger partial charge on any atom is 0.170 e. The highest BCUT2D eigenvalue weighted by Crippen LogP contribution is 2.20. The number of methoxy groups -OCH3 is 1. The van der Waals surface area contributed by atoms with E-state index in [9.17, 15) is 8.78 Å². The van der Waals surface area contributed by atoms with Gasteiger partial charge in [-0.1, -0.05) is 12.1 Å². The van der Waals surface area contributed by atoms with Crippen molar-refractivity contribution < 1.29 is 13.5 Å². The summed E-state index contributed by atoms with van der Waals surface area (Å²) in [6.07, 6.45) is 0. The first-order valence-corrected chi connectivity index (χ1v) is 5.51. The van der Waals surface area contributed by atoms with Crippen LogP contribution in [0.2, 0.25) is 0 Å². The number of hydrogen-bond acceptors (Lipinski definition) is 2. The van der Waals surface area contributed by atoms with Gasteiger partial charge < -0.3 is 10.1 Å². The van der Waals surface area contributed by atoms with Crippen molar-refractivity contribution in [3.8, 4) is 5.75 Å². The molecule has 0 spiro atoms. The fraction of sp³-hybridized carbons (Fsp3) is 0.143. The lowest BCUT2D eigenvalue weighted by molar-refractivity contribution is 0.384. The summed E-state index contributed by atoms with van der Waals surface area (Å²) in [7, 11) is 1.43. The standard InChI is InChI=1S/C14H13F2NO/c1-18-13-4-2-3-10(14(13)16)9-17-12-7-5-11(15)6-8-12/h2-8,17H,9H2,1H3. The lowest BCUT2D eigenvalue weighted by atomic mass is 10.2. The van der Waals surface area contributed by atoms with Crippen LogP contribution in [0.15, 0.2) is 42.5 Å². The van der Waals surface area contributed by atoms with Crippen molar-refractivity contribution in [3.63, 3.8) is 0 Å². The SMILES string of the molecule is COc1cccc(CNc2ccc(F)cc2)c1F. The first-order valence-electron chi connectivity index (χ1n) is 5.51. The normalized spacial score (nSPS) is 10.2. The molecule has 4 heteroatoms. The summed E-state index contributed by atoms with van der Waals surface area (Å²) < 4.78 is 31.4. The van der Waals surface area contributed by atoms with Crippen LogP contribution in [0.25, 0.3) is 0 Å². The summed E-state index contributed by atoms with van der Waals surface area (Å²) >= 11 is 0. The molecule has 0 amide bonds. The molecule has 0 aliphatic rings. The quantitative estimate of drug-likeness (QED) is 0.894. The van der Waals surface area contributed by atoms with E-state index in [0.717, 1.165) is 5.69 Å². The smallest absolute Gasteiger partial charge is 0.170 e. The third-order valence-electron chi connectivity index (χ3n) is 2.59. The Labute approximate surface area is 104 Å². The third-order valence-corrected chi connectivity index (χ3v) is 2.59. The van der Waals surface area contributed by atoms with E-state index in [-0.39, 0.29) is 17.4 Å². The largest absolute Gasteiger partial charge is 0.494 e. The Morgan fingerprint density at radius 1 is 1.06 bits per heavy atom. The van der Waals surface area contributed by atoms with Gasteiger partial charge in [-0.15, -0.1) is 0 Å². The molecule has 0 atom stereocenters. The van der Waals surface area contributed by atoms with Crippen molar-refractivity contribution >= 4 is 5.69 Å². The second-order valence-electron chi connectivity index (χ2n) is 3.79. The molecule has 0 saturated carbocycles. The Balaban J connectivity index is 2.08. The van der Waals surface area contributed by atoms with Crippen LogP contribution in [0.1, 0.15) is 5.56 Å². The molecule has 0 unspecified atom stereocenters. The molecule has 2 rings (SSSR count). The van der Waals surface area contributed by atoms with E-state index in [1.807, 2.05) is 0 Å². The molecule has 0 fully saturated rings.